The van der Waals surface area contributed by atoms with Gasteiger partial charge < -0.3 is 4.74 Å². The van der Waals surface area contributed by atoms with Gasteiger partial charge in [0.2, 0.25) is 0 Å². The number of allylic oxidation sites excluding steroid dienone is 2. The Morgan fingerprint density at radius 3 is 2.30 bits per heavy atom. The summed E-state index contributed by atoms with van der Waals surface area (Å²) in [7, 11) is -9.20. The van der Waals surface area contributed by atoms with Crippen molar-refractivity contribution in [1.29, 1.82) is 0 Å². The molecule has 0 N–H and O–H groups in total. The molecule has 2 aliphatic carbocycles. The lowest BCUT2D eigenvalue weighted by Crippen LogP contribution is -2.53. The molecule has 5 rings (SSSR count). The first-order valence-corrected chi connectivity index (χ1v) is 15.7. The van der Waals surface area contributed by atoms with Crippen LogP contribution < -0.4 is 4.74 Å². The van der Waals surface area contributed by atoms with Gasteiger partial charge in [-0.2, -0.15) is 26.0 Å². The molecular formula is C27H30F4O4S2. The van der Waals surface area contributed by atoms with Gasteiger partial charge in [-0.05, 0) is 70.8 Å². The van der Waals surface area contributed by atoms with Crippen LogP contribution in [0.25, 0.3) is 10.8 Å². The van der Waals surface area contributed by atoms with Crippen LogP contribution in [0.5, 0.6) is 5.75 Å². The lowest BCUT2D eigenvalue weighted by atomic mass is 9.84. The van der Waals surface area contributed by atoms with Crippen molar-refractivity contribution in [3.63, 3.8) is 0 Å². The molecule has 4 nitrogen and oxygen atoms in total. The fraction of sp³-hybridized carbons (Fsp3) is 0.481. The molecule has 37 heavy (non-hydrogen) atoms. The van der Waals surface area contributed by atoms with E-state index in [2.05, 4.69) is 0 Å². The number of halogens is 4. The van der Waals surface area contributed by atoms with Gasteiger partial charge in [-0.1, -0.05) is 56.2 Å². The third-order valence-corrected chi connectivity index (χ3v) is 12.4. The van der Waals surface area contributed by atoms with E-state index in [1.165, 1.54) is 23.0 Å². The molecule has 0 amide bonds. The van der Waals surface area contributed by atoms with Gasteiger partial charge in [-0.3, -0.25) is 0 Å². The number of fused-ring (bicyclic) bond motifs is 3. The highest BCUT2D eigenvalue weighted by Crippen LogP contribution is 2.67. The maximum absolute atomic E-state index is 15.3. The van der Waals surface area contributed by atoms with Crippen LogP contribution in [0.3, 0.4) is 0 Å². The van der Waals surface area contributed by atoms with Crippen LogP contribution in [0, 0.1) is 17.8 Å². The van der Waals surface area contributed by atoms with E-state index >= 15 is 17.6 Å². The van der Waals surface area contributed by atoms with E-state index in [0.717, 1.165) is 19.3 Å². The SMILES string of the molecule is CCCCOc1ccc(S2(OS(=O)(=O)C(F)(F)C(F)(F)C3CC4CCC3C4)C=CC=C2)c2ccccc12. The summed E-state index contributed by atoms with van der Waals surface area (Å²) in [6.07, 6.45) is 6.23. The third-order valence-electron chi connectivity index (χ3n) is 7.72. The fourth-order valence-corrected chi connectivity index (χ4v) is 10.3. The Morgan fingerprint density at radius 2 is 1.68 bits per heavy atom. The molecule has 0 aromatic heterocycles. The van der Waals surface area contributed by atoms with Crippen molar-refractivity contribution in [3.8, 4) is 5.75 Å². The van der Waals surface area contributed by atoms with Crippen molar-refractivity contribution in [2.45, 2.75) is 61.5 Å². The van der Waals surface area contributed by atoms with E-state index < -0.39 is 43.4 Å². The smallest absolute Gasteiger partial charge is 0.432 e. The van der Waals surface area contributed by atoms with Crippen molar-refractivity contribution in [2.24, 2.45) is 17.8 Å². The highest BCUT2D eigenvalue weighted by atomic mass is 32.3. The number of alkyl halides is 4. The van der Waals surface area contributed by atoms with Crippen molar-refractivity contribution in [3.05, 3.63) is 59.4 Å². The van der Waals surface area contributed by atoms with Crippen LogP contribution in [-0.4, -0.2) is 26.2 Å². The molecule has 1 heterocycles. The van der Waals surface area contributed by atoms with Crippen molar-refractivity contribution < 1.29 is 34.3 Å². The lowest BCUT2D eigenvalue weighted by Gasteiger charge is -2.38. The van der Waals surface area contributed by atoms with E-state index in [-0.39, 0.29) is 12.3 Å². The molecule has 3 aliphatic rings. The second-order valence-corrected chi connectivity index (χ2v) is 14.3. The second kappa shape index (κ2) is 9.61. The van der Waals surface area contributed by atoms with E-state index in [4.69, 9.17) is 8.37 Å². The zero-order chi connectivity index (χ0) is 26.5. The van der Waals surface area contributed by atoms with Crippen LogP contribution in [-0.2, 0) is 13.7 Å². The fourth-order valence-electron chi connectivity index (χ4n) is 5.83. The minimum Gasteiger partial charge on any atom is -0.493 e. The molecule has 202 valence electrons. The van der Waals surface area contributed by atoms with E-state index in [9.17, 15) is 8.42 Å². The van der Waals surface area contributed by atoms with Crippen molar-refractivity contribution >= 4 is 31.2 Å². The lowest BCUT2D eigenvalue weighted by molar-refractivity contribution is -0.202. The standard InChI is InChI=1S/C27H30F4O4S2/c1-2-3-14-34-24-12-13-25(22-9-5-4-8-21(22)24)36(15-6-7-16-36)35-37(32,33)27(30,31)26(28,29)23-18-19-10-11-20(23)17-19/h4-9,12-13,15-16,19-20,23H,2-3,10-11,14,17-18H2,1H3. The maximum atomic E-state index is 15.3. The summed E-state index contributed by atoms with van der Waals surface area (Å²) in [6, 6.07) is 10.2. The Hall–Kier alpha value is -2.04. The predicted octanol–water partition coefficient (Wildman–Crippen LogP) is 8.15. The predicted molar refractivity (Wildman–Crippen MR) is 137 cm³/mol. The Kier molecular flexibility index (Phi) is 6.90. The summed E-state index contributed by atoms with van der Waals surface area (Å²) < 4.78 is 98.4. The Morgan fingerprint density at radius 1 is 0.973 bits per heavy atom. The third kappa shape index (κ3) is 4.38. The van der Waals surface area contributed by atoms with Gasteiger partial charge in [0.15, 0.2) is 0 Å². The largest absolute Gasteiger partial charge is 0.493 e. The molecule has 0 radical (unpaired) electrons. The average molecular weight is 559 g/mol. The van der Waals surface area contributed by atoms with Gasteiger partial charge >= 0.3 is 21.3 Å². The van der Waals surface area contributed by atoms with Gasteiger partial charge in [0.1, 0.15) is 5.75 Å². The van der Waals surface area contributed by atoms with E-state index in [0.29, 0.717) is 40.9 Å². The molecule has 2 bridgehead atoms. The highest BCUT2D eigenvalue weighted by molar-refractivity contribution is 8.37. The highest BCUT2D eigenvalue weighted by Gasteiger charge is 2.72. The number of unbranched alkanes of at least 4 members (excludes halogenated alkanes) is 1. The molecule has 2 aromatic carbocycles. The first kappa shape index (κ1) is 26.6. The molecule has 0 saturated heterocycles. The van der Waals surface area contributed by atoms with Crippen LogP contribution in [0.4, 0.5) is 17.6 Å². The normalized spacial score (nSPS) is 25.7. The minimum atomic E-state index is -6.04. The Bertz CT molecular complexity index is 1330. The van der Waals surface area contributed by atoms with Crippen LogP contribution >= 0.6 is 10.3 Å². The van der Waals surface area contributed by atoms with Gasteiger partial charge in [-0.25, -0.2) is 3.63 Å². The maximum Gasteiger partial charge on any atom is 0.432 e. The first-order valence-electron chi connectivity index (χ1n) is 12.6. The Balaban J connectivity index is 1.52. The summed E-state index contributed by atoms with van der Waals surface area (Å²) >= 11 is 0. The van der Waals surface area contributed by atoms with E-state index in [1.54, 1.807) is 36.4 Å². The first-order chi connectivity index (χ1) is 17.5. The van der Waals surface area contributed by atoms with Gasteiger partial charge in [-0.15, -0.1) is 0 Å². The topological polar surface area (TPSA) is 52.6 Å². The zero-order valence-corrected chi connectivity index (χ0v) is 22.0. The number of hydrogen-bond donors (Lipinski definition) is 0. The summed E-state index contributed by atoms with van der Waals surface area (Å²) in [5, 5.41) is -1.44. The van der Waals surface area contributed by atoms with Crippen molar-refractivity contribution in [2.75, 3.05) is 6.61 Å². The molecular weight excluding hydrogens is 528 g/mol. The number of hydrogen-bond acceptors (Lipinski definition) is 4. The summed E-state index contributed by atoms with van der Waals surface area (Å²) in [5.74, 6) is -6.51. The Labute approximate surface area is 216 Å². The van der Waals surface area contributed by atoms with Crippen LogP contribution in [0.15, 0.2) is 64.3 Å². The summed E-state index contributed by atoms with van der Waals surface area (Å²) in [5.41, 5.74) is 0. The van der Waals surface area contributed by atoms with Crippen LogP contribution in [0.1, 0.15) is 45.4 Å². The quantitative estimate of drug-likeness (QED) is 0.218. The monoisotopic (exact) mass is 558 g/mol. The molecule has 2 saturated carbocycles. The second-order valence-electron chi connectivity index (χ2n) is 10.1. The average Bonchev–Trinajstić information content (AvgIpc) is 3.62. The summed E-state index contributed by atoms with van der Waals surface area (Å²) in [6.45, 7) is 2.51. The molecule has 3 atom stereocenters. The van der Waals surface area contributed by atoms with Crippen LogP contribution in [0.2, 0.25) is 0 Å². The molecule has 2 fully saturated rings. The van der Waals surface area contributed by atoms with Gasteiger partial charge in [0.25, 0.3) is 0 Å². The minimum absolute atomic E-state index is 0.0533. The van der Waals surface area contributed by atoms with Gasteiger partial charge in [0.05, 0.1) is 6.61 Å². The molecule has 0 spiro atoms. The zero-order valence-electron chi connectivity index (χ0n) is 20.4. The molecule has 3 unspecified atom stereocenters. The van der Waals surface area contributed by atoms with Gasteiger partial charge in [0, 0.05) is 21.6 Å². The van der Waals surface area contributed by atoms with Crippen molar-refractivity contribution in [1.82, 2.24) is 0 Å². The number of ether oxygens (including phenoxy) is 1. The van der Waals surface area contributed by atoms with E-state index in [1.807, 2.05) is 6.92 Å². The molecule has 10 heteroatoms. The number of benzene rings is 2. The summed E-state index contributed by atoms with van der Waals surface area (Å²) in [4.78, 5) is 0.318. The molecule has 2 aromatic rings. The molecule has 1 aliphatic heterocycles. The number of rotatable bonds is 10.